The second-order valence-electron chi connectivity index (χ2n) is 8.31. The van der Waals surface area contributed by atoms with Crippen LogP contribution in [0.5, 0.6) is 0 Å². The zero-order valence-electron chi connectivity index (χ0n) is 18.2. The third-order valence-corrected chi connectivity index (χ3v) is 5.14. The number of aldehydes is 1. The van der Waals surface area contributed by atoms with Crippen molar-refractivity contribution in [1.29, 1.82) is 0 Å². The van der Waals surface area contributed by atoms with Crippen molar-refractivity contribution < 1.29 is 22.8 Å². The number of nitrogens with one attached hydrogen (secondary N) is 1. The Morgan fingerprint density at radius 3 is 2.55 bits per heavy atom. The van der Waals surface area contributed by atoms with Gasteiger partial charge in [0.1, 0.15) is 24.3 Å². The van der Waals surface area contributed by atoms with Gasteiger partial charge in [-0.2, -0.15) is 13.2 Å². The summed E-state index contributed by atoms with van der Waals surface area (Å²) in [7, 11) is 1.83. The zero-order valence-corrected chi connectivity index (χ0v) is 18.2. The van der Waals surface area contributed by atoms with Crippen LogP contribution in [0.3, 0.4) is 0 Å². The van der Waals surface area contributed by atoms with Crippen LogP contribution in [0.1, 0.15) is 46.0 Å². The van der Waals surface area contributed by atoms with Crippen molar-refractivity contribution in [2.24, 2.45) is 7.05 Å². The van der Waals surface area contributed by atoms with Gasteiger partial charge in [-0.15, -0.1) is 10.2 Å². The van der Waals surface area contributed by atoms with Crippen LogP contribution in [0, 0.1) is 0 Å². The quantitative estimate of drug-likeness (QED) is 0.545. The number of nitrogens with zero attached hydrogens (tertiary/aromatic N) is 4. The van der Waals surface area contributed by atoms with Gasteiger partial charge in [-0.1, -0.05) is 26.0 Å². The van der Waals surface area contributed by atoms with Crippen LogP contribution in [0.25, 0.3) is 0 Å². The Hall–Kier alpha value is -3.76. The second-order valence-corrected chi connectivity index (χ2v) is 8.31. The number of benzene rings is 1. The zero-order chi connectivity index (χ0) is 24.4. The largest absolute Gasteiger partial charge is 0.406 e. The Morgan fingerprint density at radius 2 is 1.94 bits per heavy atom. The Labute approximate surface area is 187 Å². The first-order chi connectivity index (χ1) is 15.4. The summed E-state index contributed by atoms with van der Waals surface area (Å²) < 4.78 is 40.5. The fourth-order valence-electron chi connectivity index (χ4n) is 3.38. The standard InChI is InChI=1S/C22H22F3N5O3/c1-21(2,9-18-28-26-13-29(18)3)15-5-4-6-16(8-15)27-19(32)17-7-14(11-31)10-30(20(17)33)12-22(23,24)25/h4-8,10-11,13H,9,12H2,1-3H3,(H,27,32). The molecule has 2 heterocycles. The minimum Gasteiger partial charge on any atom is -0.322 e. The van der Waals surface area contributed by atoms with E-state index in [0.29, 0.717) is 16.7 Å². The molecule has 0 atom stereocenters. The van der Waals surface area contributed by atoms with E-state index in [4.69, 9.17) is 0 Å². The minimum absolute atomic E-state index is 0.220. The van der Waals surface area contributed by atoms with E-state index in [2.05, 4.69) is 15.5 Å². The highest BCUT2D eigenvalue weighted by Crippen LogP contribution is 2.29. The summed E-state index contributed by atoms with van der Waals surface area (Å²) in [4.78, 5) is 36.3. The lowest BCUT2D eigenvalue weighted by Crippen LogP contribution is -2.33. The number of aryl methyl sites for hydroxylation is 1. The molecule has 33 heavy (non-hydrogen) atoms. The number of carbonyl (C=O) groups excluding carboxylic acids is 2. The first-order valence-electron chi connectivity index (χ1n) is 9.91. The van der Waals surface area contributed by atoms with Gasteiger partial charge in [0.15, 0.2) is 6.29 Å². The lowest BCUT2D eigenvalue weighted by molar-refractivity contribution is -0.141. The van der Waals surface area contributed by atoms with Gasteiger partial charge in [0.05, 0.1) is 0 Å². The molecular formula is C22H22F3N5O3. The van der Waals surface area contributed by atoms with E-state index in [1.807, 2.05) is 27.0 Å². The summed E-state index contributed by atoms with van der Waals surface area (Å²) in [6.07, 6.45) is -1.48. The fourth-order valence-corrected chi connectivity index (χ4v) is 3.38. The molecule has 0 spiro atoms. The third-order valence-electron chi connectivity index (χ3n) is 5.14. The number of halogens is 3. The molecule has 0 bridgehead atoms. The second kappa shape index (κ2) is 9.00. The fraction of sp³-hybridized carbons (Fsp3) is 0.318. The average molecular weight is 461 g/mol. The Bertz CT molecular complexity index is 1240. The molecule has 1 N–H and O–H groups in total. The molecule has 11 heteroatoms. The summed E-state index contributed by atoms with van der Waals surface area (Å²) in [5.41, 5.74) is -1.11. The molecule has 0 saturated heterocycles. The SMILES string of the molecule is Cn1cnnc1CC(C)(C)c1cccc(NC(=O)c2cc(C=O)cn(CC(F)(F)F)c2=O)c1. The first-order valence-corrected chi connectivity index (χ1v) is 9.91. The van der Waals surface area contributed by atoms with Crippen LogP contribution < -0.4 is 10.9 Å². The monoisotopic (exact) mass is 461 g/mol. The maximum absolute atomic E-state index is 12.8. The highest BCUT2D eigenvalue weighted by molar-refractivity contribution is 6.04. The summed E-state index contributed by atoms with van der Waals surface area (Å²) in [6.45, 7) is 2.37. The molecule has 174 valence electrons. The van der Waals surface area contributed by atoms with Gasteiger partial charge in [0.2, 0.25) is 0 Å². The van der Waals surface area contributed by atoms with Gasteiger partial charge < -0.3 is 14.5 Å². The molecule has 1 aromatic carbocycles. The van der Waals surface area contributed by atoms with Crippen molar-refractivity contribution in [3.05, 3.63) is 75.7 Å². The molecule has 8 nitrogen and oxygen atoms in total. The van der Waals surface area contributed by atoms with Crippen LogP contribution in [0.2, 0.25) is 0 Å². The van der Waals surface area contributed by atoms with Crippen LogP contribution in [-0.4, -0.2) is 37.7 Å². The number of carbonyl (C=O) groups is 2. The van der Waals surface area contributed by atoms with E-state index in [9.17, 15) is 27.6 Å². The average Bonchev–Trinajstić information content (AvgIpc) is 3.12. The highest BCUT2D eigenvalue weighted by atomic mass is 19.4. The molecule has 0 saturated carbocycles. The summed E-state index contributed by atoms with van der Waals surface area (Å²) in [5.74, 6) is -0.145. The Balaban J connectivity index is 1.88. The number of rotatable bonds is 7. The van der Waals surface area contributed by atoms with Crippen LogP contribution in [0.4, 0.5) is 18.9 Å². The first kappa shape index (κ1) is 23.9. The van der Waals surface area contributed by atoms with E-state index in [0.717, 1.165) is 23.7 Å². The van der Waals surface area contributed by atoms with E-state index in [-0.39, 0.29) is 11.8 Å². The van der Waals surface area contributed by atoms with Gasteiger partial charge in [-0.3, -0.25) is 14.4 Å². The molecule has 0 radical (unpaired) electrons. The van der Waals surface area contributed by atoms with E-state index < -0.39 is 35.2 Å². The maximum atomic E-state index is 12.8. The smallest absolute Gasteiger partial charge is 0.322 e. The van der Waals surface area contributed by atoms with E-state index in [1.165, 1.54) is 0 Å². The van der Waals surface area contributed by atoms with Gasteiger partial charge >= 0.3 is 6.18 Å². The molecule has 0 aliphatic rings. The number of hydrogen-bond acceptors (Lipinski definition) is 5. The molecule has 0 aliphatic heterocycles. The predicted molar refractivity (Wildman–Crippen MR) is 114 cm³/mol. The molecule has 3 aromatic rings. The number of anilines is 1. The van der Waals surface area contributed by atoms with Crippen molar-refractivity contribution in [2.45, 2.75) is 38.4 Å². The van der Waals surface area contributed by atoms with Crippen LogP contribution in [0.15, 0.2) is 47.7 Å². The molecular weight excluding hydrogens is 439 g/mol. The lowest BCUT2D eigenvalue weighted by atomic mass is 9.81. The molecule has 0 aliphatic carbocycles. The predicted octanol–water partition coefficient (Wildman–Crippen LogP) is 3.12. The van der Waals surface area contributed by atoms with E-state index >= 15 is 0 Å². The maximum Gasteiger partial charge on any atom is 0.406 e. The highest BCUT2D eigenvalue weighted by Gasteiger charge is 2.30. The van der Waals surface area contributed by atoms with Gasteiger partial charge in [-0.25, -0.2) is 0 Å². The number of amides is 1. The summed E-state index contributed by atoms with van der Waals surface area (Å²) in [6, 6.07) is 7.87. The topological polar surface area (TPSA) is 98.9 Å². The van der Waals surface area contributed by atoms with Crippen molar-refractivity contribution in [3.8, 4) is 0 Å². The summed E-state index contributed by atoms with van der Waals surface area (Å²) >= 11 is 0. The van der Waals surface area contributed by atoms with Gasteiger partial charge in [-0.05, 0) is 29.2 Å². The molecule has 3 rings (SSSR count). The Morgan fingerprint density at radius 1 is 1.21 bits per heavy atom. The van der Waals surface area contributed by atoms with Crippen molar-refractivity contribution >= 4 is 17.9 Å². The molecule has 0 unspecified atom stereocenters. The molecule has 2 aromatic heterocycles. The molecule has 1 amide bonds. The minimum atomic E-state index is -4.69. The van der Waals surface area contributed by atoms with Gasteiger partial charge in [0, 0.05) is 30.9 Å². The lowest BCUT2D eigenvalue weighted by Gasteiger charge is -2.25. The molecule has 0 fully saturated rings. The van der Waals surface area contributed by atoms with Crippen molar-refractivity contribution in [2.75, 3.05) is 5.32 Å². The number of pyridine rings is 1. The van der Waals surface area contributed by atoms with Crippen LogP contribution >= 0.6 is 0 Å². The number of alkyl halides is 3. The number of hydrogen-bond donors (Lipinski definition) is 1. The van der Waals surface area contributed by atoms with Gasteiger partial charge in [0.25, 0.3) is 11.5 Å². The van der Waals surface area contributed by atoms with Crippen molar-refractivity contribution in [1.82, 2.24) is 19.3 Å². The summed E-state index contributed by atoms with van der Waals surface area (Å²) in [5, 5.41) is 10.5. The van der Waals surface area contributed by atoms with E-state index in [1.54, 1.807) is 29.1 Å². The third kappa shape index (κ3) is 5.73. The normalized spacial score (nSPS) is 11.9. The number of aromatic nitrogens is 4. The Kier molecular flexibility index (Phi) is 6.52. The van der Waals surface area contributed by atoms with Crippen LogP contribution in [-0.2, 0) is 25.4 Å². The van der Waals surface area contributed by atoms with Crippen molar-refractivity contribution in [3.63, 3.8) is 0 Å².